The van der Waals surface area contributed by atoms with Crippen LogP contribution in [0.25, 0.3) is 0 Å². The summed E-state index contributed by atoms with van der Waals surface area (Å²) < 4.78 is 6.28. The summed E-state index contributed by atoms with van der Waals surface area (Å²) in [7, 11) is 3.22. The van der Waals surface area contributed by atoms with E-state index in [2.05, 4.69) is 10.6 Å². The summed E-state index contributed by atoms with van der Waals surface area (Å²) in [5.74, 6) is 0.112. The molecule has 0 saturated carbocycles. The second-order valence-corrected chi connectivity index (χ2v) is 6.20. The summed E-state index contributed by atoms with van der Waals surface area (Å²) in [4.78, 5) is 37.9. The molecule has 1 aliphatic rings. The van der Waals surface area contributed by atoms with E-state index < -0.39 is 0 Å². The fraction of sp³-hybridized carbons (Fsp3) is 0.588. The number of nitrogens with one attached hydrogen (secondary N) is 2. The summed E-state index contributed by atoms with van der Waals surface area (Å²) in [5, 5.41) is 5.55. The van der Waals surface area contributed by atoms with Gasteiger partial charge in [-0.05, 0) is 30.9 Å². The number of rotatable bonds is 6. The average Bonchev–Trinajstić information content (AvgIpc) is 2.62. The number of ether oxygens (including phenoxy) is 1. The van der Waals surface area contributed by atoms with Crippen LogP contribution in [0.5, 0.6) is 0 Å². The van der Waals surface area contributed by atoms with E-state index in [1.54, 1.807) is 37.4 Å². The van der Waals surface area contributed by atoms with Crippen LogP contribution in [0, 0.1) is 5.92 Å². The van der Waals surface area contributed by atoms with Gasteiger partial charge in [-0.15, -0.1) is 0 Å². The van der Waals surface area contributed by atoms with Gasteiger partial charge in [0, 0.05) is 46.5 Å². The van der Waals surface area contributed by atoms with Crippen LogP contribution in [-0.2, 0) is 11.8 Å². The van der Waals surface area contributed by atoms with Crippen LogP contribution in [0.4, 0.5) is 4.79 Å². The summed E-state index contributed by atoms with van der Waals surface area (Å²) >= 11 is 0. The van der Waals surface area contributed by atoms with Gasteiger partial charge in [0.05, 0.1) is 6.61 Å². The van der Waals surface area contributed by atoms with E-state index in [1.807, 2.05) is 0 Å². The quantitative estimate of drug-likeness (QED) is 0.716. The van der Waals surface area contributed by atoms with Crippen molar-refractivity contribution in [3.8, 4) is 0 Å². The minimum Gasteiger partial charge on any atom is -0.383 e. The van der Waals surface area contributed by atoms with Gasteiger partial charge in [-0.2, -0.15) is 0 Å². The predicted octanol–water partition coefficient (Wildman–Crippen LogP) is 0.183. The number of nitrogens with zero attached hydrogens (tertiary/aromatic N) is 2. The van der Waals surface area contributed by atoms with E-state index in [0.717, 1.165) is 12.8 Å². The number of carbonyl (C=O) groups is 2. The van der Waals surface area contributed by atoms with Gasteiger partial charge in [0.2, 0.25) is 0 Å². The molecule has 1 aliphatic heterocycles. The summed E-state index contributed by atoms with van der Waals surface area (Å²) in [6.45, 7) is 2.71. The molecular formula is C17H26N4O4. The molecule has 2 heterocycles. The molecule has 1 aromatic heterocycles. The van der Waals surface area contributed by atoms with Crippen molar-refractivity contribution in [3.05, 3.63) is 34.2 Å². The zero-order valence-corrected chi connectivity index (χ0v) is 14.8. The Morgan fingerprint density at radius 3 is 2.68 bits per heavy atom. The van der Waals surface area contributed by atoms with Crippen molar-refractivity contribution in [1.29, 1.82) is 0 Å². The van der Waals surface area contributed by atoms with Crippen LogP contribution in [0.3, 0.4) is 0 Å². The third kappa shape index (κ3) is 5.32. The van der Waals surface area contributed by atoms with Crippen LogP contribution in [0.1, 0.15) is 23.2 Å². The van der Waals surface area contributed by atoms with Gasteiger partial charge in [0.25, 0.3) is 11.5 Å². The Bertz CT molecular complexity index is 650. The Kier molecular flexibility index (Phi) is 7.00. The molecule has 1 saturated heterocycles. The van der Waals surface area contributed by atoms with Gasteiger partial charge >= 0.3 is 6.03 Å². The smallest absolute Gasteiger partial charge is 0.314 e. The normalized spacial score (nSPS) is 15.0. The predicted molar refractivity (Wildman–Crippen MR) is 93.6 cm³/mol. The van der Waals surface area contributed by atoms with E-state index >= 15 is 0 Å². The molecule has 8 nitrogen and oxygen atoms in total. The highest BCUT2D eigenvalue weighted by molar-refractivity contribution is 5.93. The molecule has 0 radical (unpaired) electrons. The highest BCUT2D eigenvalue weighted by Crippen LogP contribution is 2.17. The average molecular weight is 350 g/mol. The van der Waals surface area contributed by atoms with Crippen molar-refractivity contribution in [2.75, 3.05) is 39.9 Å². The largest absolute Gasteiger partial charge is 0.383 e. The Balaban J connectivity index is 1.77. The molecule has 1 fully saturated rings. The number of pyridine rings is 1. The number of methoxy groups -OCH3 is 1. The van der Waals surface area contributed by atoms with Crippen LogP contribution in [-0.4, -0.2) is 61.3 Å². The molecule has 3 amide bonds. The zero-order valence-electron chi connectivity index (χ0n) is 14.8. The number of aryl methyl sites for hydroxylation is 1. The van der Waals surface area contributed by atoms with E-state index in [0.29, 0.717) is 38.7 Å². The molecule has 1 aromatic rings. The number of urea groups is 1. The standard InChI is InChI=1S/C17H26N4O4/c1-20-8-3-4-14(15(20)22)16(23)21-9-5-13(6-10-21)12-19-17(24)18-7-11-25-2/h3-4,8,13H,5-7,9-12H2,1-2H3,(H2,18,19,24). The first kappa shape index (κ1) is 19.0. The first-order valence-corrected chi connectivity index (χ1v) is 8.48. The molecule has 0 aromatic carbocycles. The second kappa shape index (κ2) is 9.22. The van der Waals surface area contributed by atoms with Crippen molar-refractivity contribution in [3.63, 3.8) is 0 Å². The maximum Gasteiger partial charge on any atom is 0.314 e. The lowest BCUT2D eigenvalue weighted by molar-refractivity contribution is 0.0688. The lowest BCUT2D eigenvalue weighted by Crippen LogP contribution is -2.45. The Hall–Kier alpha value is -2.35. The maximum atomic E-state index is 12.5. The molecular weight excluding hydrogens is 324 g/mol. The molecule has 2 N–H and O–H groups in total. The van der Waals surface area contributed by atoms with Crippen molar-refractivity contribution in [2.45, 2.75) is 12.8 Å². The topological polar surface area (TPSA) is 92.7 Å². The minimum atomic E-state index is -0.274. The highest BCUT2D eigenvalue weighted by Gasteiger charge is 2.25. The van der Waals surface area contributed by atoms with Crippen molar-refractivity contribution < 1.29 is 14.3 Å². The first-order valence-electron chi connectivity index (χ1n) is 8.48. The van der Waals surface area contributed by atoms with Gasteiger partial charge in [0.1, 0.15) is 5.56 Å². The molecule has 0 unspecified atom stereocenters. The minimum absolute atomic E-state index is 0.205. The highest BCUT2D eigenvalue weighted by atomic mass is 16.5. The van der Waals surface area contributed by atoms with Gasteiger partial charge < -0.3 is 24.8 Å². The van der Waals surface area contributed by atoms with Gasteiger partial charge in [0.15, 0.2) is 0 Å². The number of aromatic nitrogens is 1. The molecule has 8 heteroatoms. The summed E-state index contributed by atoms with van der Waals surface area (Å²) in [6, 6.07) is 3.07. The van der Waals surface area contributed by atoms with E-state index in [1.165, 1.54) is 4.57 Å². The second-order valence-electron chi connectivity index (χ2n) is 6.20. The van der Waals surface area contributed by atoms with Crippen LogP contribution < -0.4 is 16.2 Å². The monoisotopic (exact) mass is 350 g/mol. The molecule has 0 bridgehead atoms. The number of hydrogen-bond donors (Lipinski definition) is 2. The molecule has 0 aliphatic carbocycles. The third-order valence-electron chi connectivity index (χ3n) is 4.40. The summed E-state index contributed by atoms with van der Waals surface area (Å²) in [6.07, 6.45) is 3.24. The Labute approximate surface area is 147 Å². The van der Waals surface area contributed by atoms with E-state index in [9.17, 15) is 14.4 Å². The van der Waals surface area contributed by atoms with Crippen LogP contribution in [0.15, 0.2) is 23.1 Å². The van der Waals surface area contributed by atoms with E-state index in [-0.39, 0.29) is 23.1 Å². The van der Waals surface area contributed by atoms with Crippen molar-refractivity contribution in [1.82, 2.24) is 20.1 Å². The molecule has 25 heavy (non-hydrogen) atoms. The molecule has 0 atom stereocenters. The number of carbonyl (C=O) groups excluding carboxylic acids is 2. The SMILES string of the molecule is COCCNC(=O)NCC1CCN(C(=O)c2cccn(C)c2=O)CC1. The molecule has 0 spiro atoms. The van der Waals surface area contributed by atoms with E-state index in [4.69, 9.17) is 4.74 Å². The lowest BCUT2D eigenvalue weighted by atomic mass is 9.96. The fourth-order valence-electron chi connectivity index (χ4n) is 2.84. The molecule has 2 rings (SSSR count). The summed E-state index contributed by atoms with van der Waals surface area (Å²) in [5.41, 5.74) is -0.0666. The van der Waals surface area contributed by atoms with Gasteiger partial charge in [-0.3, -0.25) is 9.59 Å². The zero-order chi connectivity index (χ0) is 18.2. The lowest BCUT2D eigenvalue weighted by Gasteiger charge is -2.32. The number of hydrogen-bond acceptors (Lipinski definition) is 4. The number of piperidine rings is 1. The maximum absolute atomic E-state index is 12.5. The molecule has 138 valence electrons. The van der Waals surface area contributed by atoms with Gasteiger partial charge in [-0.25, -0.2) is 4.79 Å². The van der Waals surface area contributed by atoms with Crippen LogP contribution in [0.2, 0.25) is 0 Å². The first-order chi connectivity index (χ1) is 12.0. The van der Waals surface area contributed by atoms with Crippen molar-refractivity contribution >= 4 is 11.9 Å². The van der Waals surface area contributed by atoms with Crippen LogP contribution >= 0.6 is 0 Å². The number of likely N-dealkylation sites (tertiary alicyclic amines) is 1. The Morgan fingerprint density at radius 1 is 1.28 bits per heavy atom. The van der Waals surface area contributed by atoms with Gasteiger partial charge in [-0.1, -0.05) is 0 Å². The number of amides is 3. The van der Waals surface area contributed by atoms with Crippen molar-refractivity contribution in [2.24, 2.45) is 13.0 Å². The Morgan fingerprint density at radius 2 is 2.00 bits per heavy atom. The fourth-order valence-corrected chi connectivity index (χ4v) is 2.84. The third-order valence-corrected chi connectivity index (χ3v) is 4.40.